The molecule has 7 nitrogen and oxygen atoms in total. The van der Waals surface area contributed by atoms with Gasteiger partial charge in [-0.15, -0.1) is 0 Å². The maximum atomic E-state index is 12.0. The number of hydrogen-bond donors (Lipinski definition) is 1. The Hall–Kier alpha value is -1.34. The monoisotopic (exact) mass is 301 g/mol. The number of likely N-dealkylation sites (N-methyl/N-ethyl adjacent to an activating group) is 1. The highest BCUT2D eigenvalue weighted by Gasteiger charge is 2.24. The van der Waals surface area contributed by atoms with Gasteiger partial charge in [0.1, 0.15) is 12.1 Å². The summed E-state index contributed by atoms with van der Waals surface area (Å²) in [5.41, 5.74) is -0.623. The van der Waals surface area contributed by atoms with Gasteiger partial charge in [0, 0.05) is 39.3 Å². The number of rotatable bonds is 5. The maximum Gasteiger partial charge on any atom is 0.410 e. The van der Waals surface area contributed by atoms with Gasteiger partial charge in [0.25, 0.3) is 0 Å². The molecular weight excluding hydrogens is 274 g/mol. The first-order valence-electron chi connectivity index (χ1n) is 7.28. The fraction of sp³-hybridized carbons (Fsp3) is 0.857. The minimum atomic E-state index is -1.03. The van der Waals surface area contributed by atoms with Gasteiger partial charge in [0.15, 0.2) is 0 Å². The third-order valence-corrected chi connectivity index (χ3v) is 3.26. The summed E-state index contributed by atoms with van der Waals surface area (Å²) in [7, 11) is 2.08. The van der Waals surface area contributed by atoms with E-state index in [4.69, 9.17) is 9.84 Å². The quantitative estimate of drug-likeness (QED) is 0.800. The summed E-state index contributed by atoms with van der Waals surface area (Å²) in [5.74, 6) is -1.03. The van der Waals surface area contributed by atoms with Gasteiger partial charge in [0.2, 0.25) is 0 Å². The number of carbonyl (C=O) groups excluding carboxylic acids is 1. The first-order valence-corrected chi connectivity index (χ1v) is 7.28. The van der Waals surface area contributed by atoms with Crippen molar-refractivity contribution in [3.8, 4) is 0 Å². The summed E-state index contributed by atoms with van der Waals surface area (Å²) in [6, 6.07) is 0. The molecule has 0 saturated carbocycles. The number of ether oxygens (including phenoxy) is 1. The molecule has 1 rings (SSSR count). The average molecular weight is 301 g/mol. The van der Waals surface area contributed by atoms with Crippen molar-refractivity contribution in [1.82, 2.24) is 14.7 Å². The summed E-state index contributed by atoms with van der Waals surface area (Å²) in [5, 5.41) is 8.93. The maximum absolute atomic E-state index is 12.0. The molecule has 1 aliphatic rings. The third-order valence-electron chi connectivity index (χ3n) is 3.26. The molecule has 21 heavy (non-hydrogen) atoms. The summed E-state index contributed by atoms with van der Waals surface area (Å²) in [6.07, 6.45) is -0.570. The van der Waals surface area contributed by atoms with Crippen molar-refractivity contribution in [2.24, 2.45) is 0 Å². The Morgan fingerprint density at radius 3 is 2.24 bits per heavy atom. The Kier molecular flexibility index (Phi) is 6.42. The van der Waals surface area contributed by atoms with E-state index in [0.29, 0.717) is 13.1 Å². The standard InChI is InChI=1S/C14H27N3O4/c1-14(2,3)21-13(20)17(11-12(18)19)10-9-16-7-5-15(4)6-8-16/h5-11H2,1-4H3,(H,18,19). The van der Waals surface area contributed by atoms with Gasteiger partial charge in [0.05, 0.1) is 0 Å². The SMILES string of the molecule is CN1CCN(CCN(CC(=O)O)C(=O)OC(C)(C)C)CC1. The van der Waals surface area contributed by atoms with E-state index >= 15 is 0 Å². The molecule has 0 radical (unpaired) electrons. The smallest absolute Gasteiger partial charge is 0.410 e. The zero-order chi connectivity index (χ0) is 16.0. The van der Waals surface area contributed by atoms with E-state index in [1.54, 1.807) is 20.8 Å². The molecule has 1 amide bonds. The highest BCUT2D eigenvalue weighted by Crippen LogP contribution is 2.10. The molecule has 122 valence electrons. The van der Waals surface area contributed by atoms with E-state index < -0.39 is 17.7 Å². The van der Waals surface area contributed by atoms with Crippen molar-refractivity contribution >= 4 is 12.1 Å². The predicted octanol–water partition coefficient (Wildman–Crippen LogP) is 0.556. The van der Waals surface area contributed by atoms with Gasteiger partial charge in [-0.1, -0.05) is 0 Å². The van der Waals surface area contributed by atoms with Crippen LogP contribution < -0.4 is 0 Å². The van der Waals surface area contributed by atoms with Crippen LogP contribution in [-0.4, -0.2) is 90.3 Å². The molecule has 0 aliphatic carbocycles. The van der Waals surface area contributed by atoms with Crippen molar-refractivity contribution in [2.75, 3.05) is 52.9 Å². The zero-order valence-electron chi connectivity index (χ0n) is 13.5. The molecule has 0 atom stereocenters. The van der Waals surface area contributed by atoms with E-state index in [2.05, 4.69) is 16.8 Å². The molecule has 0 aromatic carbocycles. The molecule has 7 heteroatoms. The van der Waals surface area contributed by atoms with Gasteiger partial charge < -0.3 is 14.7 Å². The number of piperazine rings is 1. The largest absolute Gasteiger partial charge is 0.480 e. The summed E-state index contributed by atoms with van der Waals surface area (Å²) < 4.78 is 5.25. The van der Waals surface area contributed by atoms with Crippen molar-refractivity contribution < 1.29 is 19.4 Å². The van der Waals surface area contributed by atoms with Crippen LogP contribution in [0.4, 0.5) is 4.79 Å². The number of aliphatic carboxylic acids is 1. The van der Waals surface area contributed by atoms with Crippen molar-refractivity contribution in [2.45, 2.75) is 26.4 Å². The lowest BCUT2D eigenvalue weighted by Crippen LogP contribution is -2.49. The number of amides is 1. The number of hydrogen-bond acceptors (Lipinski definition) is 5. The van der Waals surface area contributed by atoms with E-state index in [1.807, 2.05) is 0 Å². The van der Waals surface area contributed by atoms with Crippen LogP contribution >= 0.6 is 0 Å². The van der Waals surface area contributed by atoms with Crippen LogP contribution in [0.1, 0.15) is 20.8 Å². The third kappa shape index (κ3) is 7.29. The highest BCUT2D eigenvalue weighted by molar-refractivity contribution is 5.76. The summed E-state index contributed by atoms with van der Waals surface area (Å²) >= 11 is 0. The Labute approximate surface area is 126 Å². The Bertz CT molecular complexity index is 360. The number of carboxylic acids is 1. The minimum Gasteiger partial charge on any atom is -0.480 e. The predicted molar refractivity (Wildman–Crippen MR) is 79.4 cm³/mol. The summed E-state index contributed by atoms with van der Waals surface area (Å²) in [6.45, 7) is 9.86. The number of carboxylic acid groups (broad SMARTS) is 1. The van der Waals surface area contributed by atoms with Gasteiger partial charge in [-0.3, -0.25) is 14.6 Å². The fourth-order valence-corrected chi connectivity index (χ4v) is 2.06. The molecule has 1 heterocycles. The van der Waals surface area contributed by atoms with E-state index in [0.717, 1.165) is 26.2 Å². The van der Waals surface area contributed by atoms with Crippen LogP contribution in [0.2, 0.25) is 0 Å². The first kappa shape index (κ1) is 17.7. The Morgan fingerprint density at radius 1 is 1.19 bits per heavy atom. The lowest BCUT2D eigenvalue weighted by Gasteiger charge is -2.34. The Morgan fingerprint density at radius 2 is 1.76 bits per heavy atom. The van der Waals surface area contributed by atoms with Crippen LogP contribution in [0.15, 0.2) is 0 Å². The van der Waals surface area contributed by atoms with Crippen molar-refractivity contribution in [3.05, 3.63) is 0 Å². The molecule has 0 aromatic heterocycles. The van der Waals surface area contributed by atoms with E-state index in [-0.39, 0.29) is 6.54 Å². The lowest BCUT2D eigenvalue weighted by molar-refractivity contribution is -0.138. The number of carbonyl (C=O) groups is 2. The molecule has 0 spiro atoms. The topological polar surface area (TPSA) is 73.3 Å². The fourth-order valence-electron chi connectivity index (χ4n) is 2.06. The lowest BCUT2D eigenvalue weighted by atomic mass is 10.2. The number of nitrogens with zero attached hydrogens (tertiary/aromatic N) is 3. The molecule has 0 bridgehead atoms. The van der Waals surface area contributed by atoms with Crippen LogP contribution in [0.3, 0.4) is 0 Å². The average Bonchev–Trinajstić information content (AvgIpc) is 2.33. The molecule has 0 aromatic rings. The Balaban J connectivity index is 2.49. The highest BCUT2D eigenvalue weighted by atomic mass is 16.6. The molecular formula is C14H27N3O4. The normalized spacial score (nSPS) is 17.5. The van der Waals surface area contributed by atoms with Gasteiger partial charge in [-0.05, 0) is 27.8 Å². The van der Waals surface area contributed by atoms with Gasteiger partial charge >= 0.3 is 12.1 Å². The van der Waals surface area contributed by atoms with E-state index in [1.165, 1.54) is 4.90 Å². The summed E-state index contributed by atoms with van der Waals surface area (Å²) in [4.78, 5) is 28.7. The first-order chi connectivity index (χ1) is 9.67. The van der Waals surface area contributed by atoms with Crippen LogP contribution in [0.25, 0.3) is 0 Å². The van der Waals surface area contributed by atoms with Crippen LogP contribution in [0.5, 0.6) is 0 Å². The molecule has 1 aliphatic heterocycles. The van der Waals surface area contributed by atoms with Gasteiger partial charge in [-0.2, -0.15) is 0 Å². The van der Waals surface area contributed by atoms with Crippen molar-refractivity contribution in [1.29, 1.82) is 0 Å². The molecule has 1 fully saturated rings. The van der Waals surface area contributed by atoms with Crippen molar-refractivity contribution in [3.63, 3.8) is 0 Å². The second-order valence-corrected chi connectivity index (χ2v) is 6.44. The van der Waals surface area contributed by atoms with Gasteiger partial charge in [-0.25, -0.2) is 4.79 Å². The second-order valence-electron chi connectivity index (χ2n) is 6.44. The van der Waals surface area contributed by atoms with Crippen LogP contribution in [0, 0.1) is 0 Å². The van der Waals surface area contributed by atoms with Crippen LogP contribution in [-0.2, 0) is 9.53 Å². The molecule has 1 saturated heterocycles. The molecule has 1 N–H and O–H groups in total. The zero-order valence-corrected chi connectivity index (χ0v) is 13.5. The minimum absolute atomic E-state index is 0.331. The van der Waals surface area contributed by atoms with E-state index in [9.17, 15) is 9.59 Å². The second kappa shape index (κ2) is 7.61. The molecule has 0 unspecified atom stereocenters.